The largest absolute Gasteiger partial charge is 0.444 e. The van der Waals surface area contributed by atoms with Crippen molar-refractivity contribution in [1.29, 1.82) is 0 Å². The molecule has 1 atom stereocenters. The summed E-state index contributed by atoms with van der Waals surface area (Å²) in [6, 6.07) is 11.9. The van der Waals surface area contributed by atoms with Gasteiger partial charge in [0, 0.05) is 38.4 Å². The molecule has 3 rings (SSSR count). The van der Waals surface area contributed by atoms with Crippen LogP contribution in [0, 0.1) is 6.57 Å². The number of carbonyl (C=O) groups excluding carboxylic acids is 1. The third kappa shape index (κ3) is 5.55. The number of hydrogen-bond donors (Lipinski definition) is 0. The summed E-state index contributed by atoms with van der Waals surface area (Å²) in [5, 5.41) is 0. The molecule has 1 aliphatic heterocycles. The Balaban J connectivity index is 1.65. The molecule has 0 saturated carbocycles. The zero-order chi connectivity index (χ0) is 21.0. The van der Waals surface area contributed by atoms with Crippen molar-refractivity contribution in [3.8, 4) is 11.3 Å². The quantitative estimate of drug-likeness (QED) is 0.708. The Morgan fingerprint density at radius 2 is 2.07 bits per heavy atom. The molecule has 0 bridgehead atoms. The summed E-state index contributed by atoms with van der Waals surface area (Å²) < 4.78 is 5.53. The molecule has 2 aromatic rings. The normalized spacial score (nSPS) is 17.6. The number of aromatic nitrogens is 1. The summed E-state index contributed by atoms with van der Waals surface area (Å²) in [6.45, 7) is 18.0. The molecule has 1 aromatic carbocycles. The second-order valence-electron chi connectivity index (χ2n) is 8.47. The fraction of sp³-hybridized carbons (Fsp3) is 0.435. The van der Waals surface area contributed by atoms with Crippen molar-refractivity contribution in [2.24, 2.45) is 0 Å². The van der Waals surface area contributed by atoms with Crippen LogP contribution in [0.25, 0.3) is 16.1 Å². The number of pyridine rings is 1. The lowest BCUT2D eigenvalue weighted by atomic mass is 10.1. The van der Waals surface area contributed by atoms with Gasteiger partial charge in [-0.15, -0.1) is 0 Å². The highest BCUT2D eigenvalue weighted by molar-refractivity contribution is 5.68. The van der Waals surface area contributed by atoms with E-state index in [0.29, 0.717) is 12.2 Å². The van der Waals surface area contributed by atoms with E-state index in [1.165, 1.54) is 5.56 Å². The second-order valence-corrected chi connectivity index (χ2v) is 8.47. The summed E-state index contributed by atoms with van der Waals surface area (Å²) in [4.78, 5) is 24.5. The van der Waals surface area contributed by atoms with E-state index in [4.69, 9.17) is 11.3 Å². The first-order valence-electron chi connectivity index (χ1n) is 9.90. The van der Waals surface area contributed by atoms with Crippen LogP contribution in [0.15, 0.2) is 42.6 Å². The molecule has 0 unspecified atom stereocenters. The number of hydrogen-bond acceptors (Lipinski definition) is 4. The number of carbonyl (C=O) groups is 1. The predicted octanol–water partition coefficient (Wildman–Crippen LogP) is 4.74. The molecule has 6 nitrogen and oxygen atoms in total. The number of rotatable bonds is 3. The molecule has 1 saturated heterocycles. The molecule has 29 heavy (non-hydrogen) atoms. The van der Waals surface area contributed by atoms with Gasteiger partial charge in [0.05, 0.1) is 12.3 Å². The monoisotopic (exact) mass is 392 g/mol. The van der Waals surface area contributed by atoms with Crippen LogP contribution >= 0.6 is 0 Å². The van der Waals surface area contributed by atoms with Crippen LogP contribution in [0.4, 0.5) is 10.5 Å². The molecule has 1 amide bonds. The second kappa shape index (κ2) is 8.62. The van der Waals surface area contributed by atoms with Crippen LogP contribution in [0.1, 0.15) is 33.3 Å². The Hall–Kier alpha value is -2.91. The van der Waals surface area contributed by atoms with Gasteiger partial charge in [-0.1, -0.05) is 18.2 Å². The maximum atomic E-state index is 12.4. The molecule has 1 aromatic heterocycles. The van der Waals surface area contributed by atoms with Crippen molar-refractivity contribution in [3.05, 3.63) is 59.6 Å². The highest BCUT2D eigenvalue weighted by Gasteiger charge is 2.30. The highest BCUT2D eigenvalue weighted by atomic mass is 16.6. The van der Waals surface area contributed by atoms with Gasteiger partial charge >= 0.3 is 6.09 Å². The van der Waals surface area contributed by atoms with E-state index in [0.717, 1.165) is 30.9 Å². The molecule has 152 valence electrons. The number of ether oxygens (including phenoxy) is 1. The maximum absolute atomic E-state index is 12.4. The number of nitrogens with zero attached hydrogens (tertiary/aromatic N) is 4. The Morgan fingerprint density at radius 1 is 1.28 bits per heavy atom. The smallest absolute Gasteiger partial charge is 0.410 e. The first kappa shape index (κ1) is 20.8. The van der Waals surface area contributed by atoms with Crippen molar-refractivity contribution in [2.45, 2.75) is 45.9 Å². The van der Waals surface area contributed by atoms with Crippen LogP contribution in [0.5, 0.6) is 0 Å². The van der Waals surface area contributed by atoms with E-state index in [1.54, 1.807) is 12.3 Å². The van der Waals surface area contributed by atoms with E-state index < -0.39 is 5.60 Å². The maximum Gasteiger partial charge on any atom is 0.410 e. The molecule has 0 radical (unpaired) electrons. The van der Waals surface area contributed by atoms with Gasteiger partial charge < -0.3 is 9.64 Å². The van der Waals surface area contributed by atoms with Gasteiger partial charge in [-0.25, -0.2) is 9.64 Å². The molecule has 0 spiro atoms. The minimum atomic E-state index is -0.479. The Bertz CT molecular complexity index is 914. The zero-order valence-corrected chi connectivity index (χ0v) is 17.6. The summed E-state index contributed by atoms with van der Waals surface area (Å²) >= 11 is 0. The van der Waals surface area contributed by atoms with Gasteiger partial charge in [-0.2, -0.15) is 0 Å². The number of amides is 1. The lowest BCUT2D eigenvalue weighted by Crippen LogP contribution is -2.54. The molecular formula is C23H28N4O2. The Kier molecular flexibility index (Phi) is 6.19. The van der Waals surface area contributed by atoms with E-state index >= 15 is 0 Å². The van der Waals surface area contributed by atoms with Crippen LogP contribution in [-0.4, -0.2) is 52.2 Å². The summed E-state index contributed by atoms with van der Waals surface area (Å²) in [7, 11) is 0. The highest BCUT2D eigenvalue weighted by Crippen LogP contribution is 2.24. The van der Waals surface area contributed by atoms with Gasteiger partial charge in [0.2, 0.25) is 0 Å². The van der Waals surface area contributed by atoms with Crippen LogP contribution < -0.4 is 0 Å². The average molecular weight is 393 g/mol. The topological polar surface area (TPSA) is 50.0 Å². The molecule has 0 aliphatic carbocycles. The minimum Gasteiger partial charge on any atom is -0.444 e. The van der Waals surface area contributed by atoms with Crippen LogP contribution in [-0.2, 0) is 11.3 Å². The first-order valence-corrected chi connectivity index (χ1v) is 9.90. The van der Waals surface area contributed by atoms with Gasteiger partial charge in [-0.3, -0.25) is 9.88 Å². The fourth-order valence-corrected chi connectivity index (χ4v) is 3.50. The third-order valence-electron chi connectivity index (χ3n) is 4.84. The minimum absolute atomic E-state index is 0.0961. The number of benzene rings is 1. The molecule has 2 heterocycles. The fourth-order valence-electron chi connectivity index (χ4n) is 3.50. The van der Waals surface area contributed by atoms with Gasteiger partial charge in [0.25, 0.3) is 0 Å². The standard InChI is InChI=1S/C23H28N4O2/c1-17-15-26(11-12-27(17)22(28)29-23(2,3)4)16-18-7-6-8-19(13-18)21-14-20(24-5)9-10-25-21/h6-10,13-14,17H,11-12,15-16H2,1-4H3/t17-/m0/s1. The Morgan fingerprint density at radius 3 is 2.76 bits per heavy atom. The molecule has 0 N–H and O–H groups in total. The van der Waals surface area contributed by atoms with E-state index in [2.05, 4.69) is 33.8 Å². The van der Waals surface area contributed by atoms with Crippen LogP contribution in [0.2, 0.25) is 0 Å². The zero-order valence-electron chi connectivity index (χ0n) is 17.6. The van der Waals surface area contributed by atoms with E-state index in [1.807, 2.05) is 43.9 Å². The molecule has 6 heteroatoms. The average Bonchev–Trinajstić information content (AvgIpc) is 2.67. The van der Waals surface area contributed by atoms with Gasteiger partial charge in [0.15, 0.2) is 5.69 Å². The summed E-state index contributed by atoms with van der Waals surface area (Å²) in [6.07, 6.45) is 1.44. The van der Waals surface area contributed by atoms with Gasteiger partial charge in [-0.05, 0) is 57.0 Å². The summed E-state index contributed by atoms with van der Waals surface area (Å²) in [5.41, 5.74) is 3.12. The van der Waals surface area contributed by atoms with Crippen molar-refractivity contribution < 1.29 is 9.53 Å². The number of piperazine rings is 1. The summed E-state index contributed by atoms with van der Waals surface area (Å²) in [5.74, 6) is 0. The van der Waals surface area contributed by atoms with Gasteiger partial charge in [0.1, 0.15) is 5.60 Å². The SMILES string of the molecule is [C-]#[N+]c1ccnc(-c2cccc(CN3CCN(C(=O)OC(C)(C)C)[C@@H](C)C3)c2)c1. The van der Waals surface area contributed by atoms with E-state index in [-0.39, 0.29) is 12.1 Å². The van der Waals surface area contributed by atoms with Crippen molar-refractivity contribution in [2.75, 3.05) is 19.6 Å². The lowest BCUT2D eigenvalue weighted by molar-refractivity contribution is 0.000564. The first-order chi connectivity index (χ1) is 13.7. The van der Waals surface area contributed by atoms with Crippen LogP contribution in [0.3, 0.4) is 0 Å². The molecular weight excluding hydrogens is 364 g/mol. The van der Waals surface area contributed by atoms with Crippen molar-refractivity contribution in [1.82, 2.24) is 14.8 Å². The molecule has 1 fully saturated rings. The third-order valence-corrected chi connectivity index (χ3v) is 4.84. The van der Waals surface area contributed by atoms with Crippen molar-refractivity contribution in [3.63, 3.8) is 0 Å². The predicted molar refractivity (Wildman–Crippen MR) is 114 cm³/mol. The van der Waals surface area contributed by atoms with E-state index in [9.17, 15) is 4.79 Å². The van der Waals surface area contributed by atoms with Crippen molar-refractivity contribution >= 4 is 11.8 Å². The Labute approximate surface area is 172 Å². The lowest BCUT2D eigenvalue weighted by Gasteiger charge is -2.40. The molecule has 1 aliphatic rings.